The molecule has 0 aromatic heterocycles. The molecule has 0 fully saturated rings. The summed E-state index contributed by atoms with van der Waals surface area (Å²) in [5, 5.41) is 12.1. The van der Waals surface area contributed by atoms with Crippen molar-refractivity contribution in [2.75, 3.05) is 11.9 Å². The zero-order valence-corrected chi connectivity index (χ0v) is 16.0. The van der Waals surface area contributed by atoms with E-state index in [1.807, 2.05) is 61.5 Å². The van der Waals surface area contributed by atoms with E-state index in [2.05, 4.69) is 12.2 Å². The summed E-state index contributed by atoms with van der Waals surface area (Å²) in [5.41, 5.74) is 2.50. The van der Waals surface area contributed by atoms with Gasteiger partial charge in [-0.05, 0) is 48.7 Å². The molecular weight excluding hydrogens is 336 g/mol. The minimum Gasteiger partial charge on any atom is -0.494 e. The molecule has 2 aromatic carbocycles. The number of hydrogen-bond acceptors (Lipinski definition) is 3. The molecule has 0 saturated carbocycles. The number of anilines is 1. The SMILES string of the molecule is CCCCCCOc1ccc(C=C(C#N)C(=O)Nc2ccccc2C)cc1. The van der Waals surface area contributed by atoms with Crippen LogP contribution in [0.2, 0.25) is 0 Å². The van der Waals surface area contributed by atoms with Gasteiger partial charge in [-0.25, -0.2) is 0 Å². The van der Waals surface area contributed by atoms with Gasteiger partial charge in [0.15, 0.2) is 0 Å². The van der Waals surface area contributed by atoms with E-state index in [9.17, 15) is 10.1 Å². The van der Waals surface area contributed by atoms with Crippen LogP contribution in [0.1, 0.15) is 43.7 Å². The predicted octanol–water partition coefficient (Wildman–Crippen LogP) is 5.50. The standard InChI is InChI=1S/C23H26N2O2/c1-3-4-5-8-15-27-21-13-11-19(12-14-21)16-20(17-24)23(26)25-22-10-7-6-9-18(22)2/h6-7,9-14,16H,3-5,8,15H2,1-2H3,(H,25,26). The maximum atomic E-state index is 12.4. The molecule has 1 amide bonds. The number of hydrogen-bond donors (Lipinski definition) is 1. The summed E-state index contributed by atoms with van der Waals surface area (Å²) in [6.45, 7) is 4.80. The van der Waals surface area contributed by atoms with E-state index in [1.54, 1.807) is 6.08 Å². The number of para-hydroxylation sites is 1. The number of nitrogens with zero attached hydrogens (tertiary/aromatic N) is 1. The van der Waals surface area contributed by atoms with Crippen molar-refractivity contribution in [2.45, 2.75) is 39.5 Å². The lowest BCUT2D eigenvalue weighted by Crippen LogP contribution is -2.14. The lowest BCUT2D eigenvalue weighted by Gasteiger charge is -2.08. The van der Waals surface area contributed by atoms with Gasteiger partial charge in [-0.2, -0.15) is 5.26 Å². The van der Waals surface area contributed by atoms with Gasteiger partial charge in [-0.15, -0.1) is 0 Å². The average molecular weight is 362 g/mol. The van der Waals surface area contributed by atoms with Gasteiger partial charge in [0, 0.05) is 5.69 Å². The van der Waals surface area contributed by atoms with Crippen LogP contribution >= 0.6 is 0 Å². The molecule has 1 N–H and O–H groups in total. The number of ether oxygens (including phenoxy) is 1. The minimum absolute atomic E-state index is 0.0616. The van der Waals surface area contributed by atoms with Gasteiger partial charge in [-0.1, -0.05) is 56.5 Å². The number of unbranched alkanes of at least 4 members (excludes halogenated alkanes) is 3. The van der Waals surface area contributed by atoms with Crippen LogP contribution in [0, 0.1) is 18.3 Å². The summed E-state index contributed by atoms with van der Waals surface area (Å²) >= 11 is 0. The van der Waals surface area contributed by atoms with Crippen molar-refractivity contribution in [3.05, 3.63) is 65.2 Å². The number of benzene rings is 2. The molecule has 0 spiro atoms. The highest BCUT2D eigenvalue weighted by molar-refractivity contribution is 6.09. The highest BCUT2D eigenvalue weighted by Crippen LogP contribution is 2.17. The Morgan fingerprint density at radius 2 is 1.85 bits per heavy atom. The summed E-state index contributed by atoms with van der Waals surface area (Å²) in [4.78, 5) is 12.4. The lowest BCUT2D eigenvalue weighted by atomic mass is 10.1. The van der Waals surface area contributed by atoms with Crippen molar-refractivity contribution in [1.82, 2.24) is 0 Å². The first-order chi connectivity index (χ1) is 13.1. The molecule has 0 heterocycles. The molecule has 4 nitrogen and oxygen atoms in total. The Bertz CT molecular complexity index is 817. The first-order valence-electron chi connectivity index (χ1n) is 9.35. The lowest BCUT2D eigenvalue weighted by molar-refractivity contribution is -0.112. The smallest absolute Gasteiger partial charge is 0.266 e. The second-order valence-corrected chi connectivity index (χ2v) is 6.42. The fraction of sp³-hybridized carbons (Fsp3) is 0.304. The third-order valence-corrected chi connectivity index (χ3v) is 4.22. The molecular formula is C23H26N2O2. The number of carbonyl (C=O) groups is 1. The third kappa shape index (κ3) is 6.63. The van der Waals surface area contributed by atoms with Gasteiger partial charge in [0.25, 0.3) is 5.91 Å². The second kappa shape index (κ2) is 10.8. The van der Waals surface area contributed by atoms with Crippen molar-refractivity contribution in [3.63, 3.8) is 0 Å². The maximum absolute atomic E-state index is 12.4. The molecule has 0 radical (unpaired) electrons. The number of rotatable bonds is 9. The monoisotopic (exact) mass is 362 g/mol. The fourth-order valence-electron chi connectivity index (χ4n) is 2.60. The van der Waals surface area contributed by atoms with Crippen LogP contribution in [0.4, 0.5) is 5.69 Å². The Balaban J connectivity index is 1.97. The zero-order valence-electron chi connectivity index (χ0n) is 16.0. The van der Waals surface area contributed by atoms with E-state index in [4.69, 9.17) is 4.74 Å². The molecule has 0 aliphatic heterocycles. The topological polar surface area (TPSA) is 62.1 Å². The number of carbonyl (C=O) groups excluding carboxylic acids is 1. The second-order valence-electron chi connectivity index (χ2n) is 6.42. The van der Waals surface area contributed by atoms with E-state index in [0.29, 0.717) is 12.3 Å². The highest BCUT2D eigenvalue weighted by Gasteiger charge is 2.10. The van der Waals surface area contributed by atoms with E-state index in [1.165, 1.54) is 19.3 Å². The summed E-state index contributed by atoms with van der Waals surface area (Å²) in [6.07, 6.45) is 6.25. The van der Waals surface area contributed by atoms with Crippen molar-refractivity contribution in [3.8, 4) is 11.8 Å². The minimum atomic E-state index is -0.414. The van der Waals surface area contributed by atoms with Crippen LogP contribution in [0.25, 0.3) is 6.08 Å². The molecule has 0 bridgehead atoms. The van der Waals surface area contributed by atoms with Crippen LogP contribution in [-0.4, -0.2) is 12.5 Å². The molecule has 0 unspecified atom stereocenters. The molecule has 0 atom stereocenters. The number of nitrogens with one attached hydrogen (secondary N) is 1. The van der Waals surface area contributed by atoms with E-state index < -0.39 is 5.91 Å². The average Bonchev–Trinajstić information content (AvgIpc) is 2.68. The molecule has 4 heteroatoms. The normalized spacial score (nSPS) is 10.9. The Morgan fingerprint density at radius 1 is 1.11 bits per heavy atom. The third-order valence-electron chi connectivity index (χ3n) is 4.22. The van der Waals surface area contributed by atoms with Gasteiger partial charge in [0.05, 0.1) is 6.61 Å². The number of aryl methyl sites for hydroxylation is 1. The molecule has 0 saturated heterocycles. The first kappa shape index (κ1) is 20.3. The fourth-order valence-corrected chi connectivity index (χ4v) is 2.60. The van der Waals surface area contributed by atoms with Crippen LogP contribution in [0.3, 0.4) is 0 Å². The Kier molecular flexibility index (Phi) is 8.12. The van der Waals surface area contributed by atoms with Crippen LogP contribution in [-0.2, 0) is 4.79 Å². The summed E-state index contributed by atoms with van der Waals surface area (Å²) in [7, 11) is 0. The number of amides is 1. The van der Waals surface area contributed by atoms with Gasteiger partial charge in [0.1, 0.15) is 17.4 Å². The van der Waals surface area contributed by atoms with Crippen molar-refractivity contribution in [2.24, 2.45) is 0 Å². The van der Waals surface area contributed by atoms with Crippen LogP contribution in [0.5, 0.6) is 5.75 Å². The van der Waals surface area contributed by atoms with E-state index in [-0.39, 0.29) is 5.57 Å². The van der Waals surface area contributed by atoms with Crippen molar-refractivity contribution in [1.29, 1.82) is 5.26 Å². The summed E-state index contributed by atoms with van der Waals surface area (Å²) in [5.74, 6) is 0.384. The largest absolute Gasteiger partial charge is 0.494 e. The molecule has 0 aliphatic carbocycles. The number of nitriles is 1. The van der Waals surface area contributed by atoms with Crippen molar-refractivity contribution < 1.29 is 9.53 Å². The van der Waals surface area contributed by atoms with Gasteiger partial charge in [-0.3, -0.25) is 4.79 Å². The predicted molar refractivity (Wildman–Crippen MR) is 109 cm³/mol. The quantitative estimate of drug-likeness (QED) is 0.364. The molecule has 140 valence electrons. The molecule has 27 heavy (non-hydrogen) atoms. The highest BCUT2D eigenvalue weighted by atomic mass is 16.5. The van der Waals surface area contributed by atoms with Gasteiger partial charge in [0.2, 0.25) is 0 Å². The Labute approximate surface area is 161 Å². The maximum Gasteiger partial charge on any atom is 0.266 e. The zero-order chi connectivity index (χ0) is 19.5. The van der Waals surface area contributed by atoms with E-state index >= 15 is 0 Å². The molecule has 0 aliphatic rings. The Hall–Kier alpha value is -3.06. The van der Waals surface area contributed by atoms with Crippen LogP contribution in [0.15, 0.2) is 54.1 Å². The van der Waals surface area contributed by atoms with Gasteiger partial charge < -0.3 is 10.1 Å². The van der Waals surface area contributed by atoms with Gasteiger partial charge >= 0.3 is 0 Å². The molecule has 2 aromatic rings. The first-order valence-corrected chi connectivity index (χ1v) is 9.35. The van der Waals surface area contributed by atoms with E-state index in [0.717, 1.165) is 23.3 Å². The Morgan fingerprint density at radius 3 is 2.52 bits per heavy atom. The van der Waals surface area contributed by atoms with Crippen molar-refractivity contribution >= 4 is 17.7 Å². The summed E-state index contributed by atoms with van der Waals surface area (Å²) in [6, 6.07) is 16.9. The summed E-state index contributed by atoms with van der Waals surface area (Å²) < 4.78 is 5.71. The molecule has 2 rings (SSSR count). The van der Waals surface area contributed by atoms with Crippen LogP contribution < -0.4 is 10.1 Å².